The minimum Gasteiger partial charge on any atom is -0.321 e. The van der Waals surface area contributed by atoms with Crippen molar-refractivity contribution in [2.24, 2.45) is 11.7 Å². The quantitative estimate of drug-likeness (QED) is 0.803. The standard InChI is InChI=1S/C15H16F3NS/c16-15(17,18)11-4-2-7-14(19,9-11)12-5-1-3-10-6-8-20-13(10)12/h1,3,5-6,8,11H,2,4,7,9,19H2. The zero-order valence-corrected chi connectivity index (χ0v) is 11.7. The summed E-state index contributed by atoms with van der Waals surface area (Å²) in [7, 11) is 0. The summed E-state index contributed by atoms with van der Waals surface area (Å²) in [4.78, 5) is 0. The van der Waals surface area contributed by atoms with Gasteiger partial charge in [-0.15, -0.1) is 11.3 Å². The second-order valence-electron chi connectivity index (χ2n) is 5.64. The fourth-order valence-corrected chi connectivity index (χ4v) is 4.24. The lowest BCUT2D eigenvalue weighted by Crippen LogP contribution is -2.44. The van der Waals surface area contributed by atoms with Gasteiger partial charge in [0.2, 0.25) is 0 Å². The zero-order chi connectivity index (χ0) is 14.4. The molecule has 108 valence electrons. The van der Waals surface area contributed by atoms with Crippen molar-refractivity contribution >= 4 is 21.4 Å². The van der Waals surface area contributed by atoms with Crippen LogP contribution in [0.2, 0.25) is 0 Å². The van der Waals surface area contributed by atoms with Crippen LogP contribution in [-0.4, -0.2) is 6.18 Å². The van der Waals surface area contributed by atoms with Gasteiger partial charge >= 0.3 is 6.18 Å². The second-order valence-corrected chi connectivity index (χ2v) is 6.55. The normalized spacial score (nSPS) is 27.9. The highest BCUT2D eigenvalue weighted by Gasteiger charge is 2.47. The minimum atomic E-state index is -4.14. The summed E-state index contributed by atoms with van der Waals surface area (Å²) >= 11 is 1.55. The summed E-state index contributed by atoms with van der Waals surface area (Å²) in [5.74, 6) is -1.28. The van der Waals surface area contributed by atoms with Crippen molar-refractivity contribution in [3.63, 3.8) is 0 Å². The largest absolute Gasteiger partial charge is 0.391 e. The number of nitrogens with two attached hydrogens (primary N) is 1. The van der Waals surface area contributed by atoms with Crippen LogP contribution < -0.4 is 5.73 Å². The summed E-state index contributed by atoms with van der Waals surface area (Å²) < 4.78 is 40.0. The number of fused-ring (bicyclic) bond motifs is 1. The van der Waals surface area contributed by atoms with E-state index >= 15 is 0 Å². The van der Waals surface area contributed by atoms with Crippen molar-refractivity contribution in [2.45, 2.75) is 37.4 Å². The predicted octanol–water partition coefficient (Wildman–Crippen LogP) is 4.81. The van der Waals surface area contributed by atoms with E-state index in [1.807, 2.05) is 29.6 Å². The molecule has 1 saturated carbocycles. The summed E-state index contributed by atoms with van der Waals surface area (Å²) in [6.45, 7) is 0. The maximum absolute atomic E-state index is 13.0. The molecular formula is C15H16F3NS. The number of alkyl halides is 3. The van der Waals surface area contributed by atoms with Crippen LogP contribution >= 0.6 is 11.3 Å². The summed E-state index contributed by atoms with van der Waals surface area (Å²) in [5, 5.41) is 3.02. The molecule has 0 amide bonds. The minimum absolute atomic E-state index is 0.00644. The number of benzene rings is 1. The Kier molecular flexibility index (Phi) is 3.29. The Labute approximate surface area is 119 Å². The van der Waals surface area contributed by atoms with Crippen LogP contribution in [0.15, 0.2) is 29.6 Å². The van der Waals surface area contributed by atoms with Gasteiger partial charge in [-0.05, 0) is 41.7 Å². The van der Waals surface area contributed by atoms with Gasteiger partial charge in [0.15, 0.2) is 0 Å². The third-order valence-corrected chi connectivity index (χ3v) is 5.23. The zero-order valence-electron chi connectivity index (χ0n) is 10.9. The lowest BCUT2D eigenvalue weighted by atomic mass is 9.72. The van der Waals surface area contributed by atoms with E-state index in [-0.39, 0.29) is 12.8 Å². The average molecular weight is 299 g/mol. The highest BCUT2D eigenvalue weighted by molar-refractivity contribution is 7.17. The topological polar surface area (TPSA) is 26.0 Å². The lowest BCUT2D eigenvalue weighted by molar-refractivity contribution is -0.187. The van der Waals surface area contributed by atoms with Crippen LogP contribution in [-0.2, 0) is 5.54 Å². The van der Waals surface area contributed by atoms with Gasteiger partial charge in [-0.2, -0.15) is 13.2 Å². The van der Waals surface area contributed by atoms with Crippen molar-refractivity contribution < 1.29 is 13.2 Å². The van der Waals surface area contributed by atoms with Crippen molar-refractivity contribution in [1.82, 2.24) is 0 Å². The maximum atomic E-state index is 13.0. The summed E-state index contributed by atoms with van der Waals surface area (Å²) in [5.41, 5.74) is 6.42. The summed E-state index contributed by atoms with van der Waals surface area (Å²) in [6, 6.07) is 7.73. The van der Waals surface area contributed by atoms with Crippen LogP contribution in [0.1, 0.15) is 31.2 Å². The first-order chi connectivity index (χ1) is 9.40. The third kappa shape index (κ3) is 2.33. The van der Waals surface area contributed by atoms with E-state index in [1.54, 1.807) is 11.3 Å². The molecule has 2 N–H and O–H groups in total. The smallest absolute Gasteiger partial charge is 0.321 e. The van der Waals surface area contributed by atoms with Crippen molar-refractivity contribution in [1.29, 1.82) is 0 Å². The Morgan fingerprint density at radius 3 is 2.80 bits per heavy atom. The van der Waals surface area contributed by atoms with E-state index < -0.39 is 17.6 Å². The fourth-order valence-electron chi connectivity index (χ4n) is 3.22. The van der Waals surface area contributed by atoms with E-state index in [1.165, 1.54) is 0 Å². The number of halogens is 3. The molecule has 0 radical (unpaired) electrons. The number of hydrogen-bond acceptors (Lipinski definition) is 2. The van der Waals surface area contributed by atoms with Crippen molar-refractivity contribution in [3.05, 3.63) is 35.2 Å². The predicted molar refractivity (Wildman–Crippen MR) is 75.7 cm³/mol. The Morgan fingerprint density at radius 2 is 2.05 bits per heavy atom. The van der Waals surface area contributed by atoms with Gasteiger partial charge in [-0.25, -0.2) is 0 Å². The molecule has 0 saturated heterocycles. The molecule has 1 aliphatic carbocycles. The monoisotopic (exact) mass is 299 g/mol. The molecule has 2 atom stereocenters. The molecule has 2 aromatic rings. The molecule has 1 heterocycles. The van der Waals surface area contributed by atoms with Gasteiger partial charge in [-0.3, -0.25) is 0 Å². The molecule has 1 aliphatic rings. The third-order valence-electron chi connectivity index (χ3n) is 4.26. The first-order valence-electron chi connectivity index (χ1n) is 6.72. The molecule has 0 spiro atoms. The van der Waals surface area contributed by atoms with Crippen LogP contribution in [0.4, 0.5) is 13.2 Å². The van der Waals surface area contributed by atoms with E-state index in [2.05, 4.69) is 0 Å². The van der Waals surface area contributed by atoms with E-state index in [0.29, 0.717) is 12.8 Å². The lowest BCUT2D eigenvalue weighted by Gasteiger charge is -2.39. The second kappa shape index (κ2) is 4.74. The van der Waals surface area contributed by atoms with Gasteiger partial charge in [0.25, 0.3) is 0 Å². The first kappa shape index (κ1) is 13.9. The van der Waals surface area contributed by atoms with Crippen LogP contribution in [0.3, 0.4) is 0 Å². The molecule has 1 nitrogen and oxygen atoms in total. The van der Waals surface area contributed by atoms with Gasteiger partial charge in [0, 0.05) is 10.2 Å². The highest BCUT2D eigenvalue weighted by atomic mass is 32.1. The fraction of sp³-hybridized carbons (Fsp3) is 0.467. The van der Waals surface area contributed by atoms with E-state index in [4.69, 9.17) is 5.73 Å². The molecule has 2 unspecified atom stereocenters. The molecule has 0 bridgehead atoms. The first-order valence-corrected chi connectivity index (χ1v) is 7.60. The van der Waals surface area contributed by atoms with Gasteiger partial charge in [0.05, 0.1) is 5.92 Å². The molecule has 3 rings (SSSR count). The Morgan fingerprint density at radius 1 is 1.25 bits per heavy atom. The highest BCUT2D eigenvalue weighted by Crippen LogP contribution is 2.46. The van der Waals surface area contributed by atoms with Crippen molar-refractivity contribution in [2.75, 3.05) is 0 Å². The average Bonchev–Trinajstić information content (AvgIpc) is 2.85. The molecular weight excluding hydrogens is 283 g/mol. The molecule has 5 heteroatoms. The Balaban J connectivity index is 2.01. The SMILES string of the molecule is NC1(c2cccc3ccsc23)CCCC(C(F)(F)F)C1. The number of rotatable bonds is 1. The molecule has 1 aromatic heterocycles. The van der Waals surface area contributed by atoms with Crippen molar-refractivity contribution in [3.8, 4) is 0 Å². The van der Waals surface area contributed by atoms with Gasteiger partial charge < -0.3 is 5.73 Å². The van der Waals surface area contributed by atoms with Crippen LogP contribution in [0.5, 0.6) is 0 Å². The van der Waals surface area contributed by atoms with E-state index in [0.717, 1.165) is 15.6 Å². The van der Waals surface area contributed by atoms with E-state index in [9.17, 15) is 13.2 Å². The molecule has 20 heavy (non-hydrogen) atoms. The van der Waals surface area contributed by atoms with Crippen LogP contribution in [0.25, 0.3) is 10.1 Å². The molecule has 1 fully saturated rings. The number of hydrogen-bond donors (Lipinski definition) is 1. The Hall–Kier alpha value is -1.07. The summed E-state index contributed by atoms with van der Waals surface area (Å²) in [6.07, 6.45) is -2.80. The molecule has 1 aromatic carbocycles. The van der Waals surface area contributed by atoms with Crippen LogP contribution in [0, 0.1) is 5.92 Å². The van der Waals surface area contributed by atoms with Gasteiger partial charge in [0.1, 0.15) is 0 Å². The maximum Gasteiger partial charge on any atom is 0.391 e. The molecule has 0 aliphatic heterocycles. The van der Waals surface area contributed by atoms with Gasteiger partial charge in [-0.1, -0.05) is 24.6 Å². The number of thiophene rings is 1. The Bertz CT molecular complexity index is 619.